The molecule has 0 aliphatic carbocycles. The number of nitrogens with two attached hydrogens (primary N) is 1. The first-order chi connectivity index (χ1) is 12.9. The minimum absolute atomic E-state index is 0.173. The number of hydrogen-bond acceptors (Lipinski definition) is 3. The number of hydrogen-bond donors (Lipinski definition) is 2. The van der Waals surface area contributed by atoms with E-state index in [1.807, 2.05) is 4.90 Å². The summed E-state index contributed by atoms with van der Waals surface area (Å²) in [7, 11) is 0. The Kier molecular flexibility index (Phi) is 5.34. The molecule has 1 aliphatic rings. The van der Waals surface area contributed by atoms with Gasteiger partial charge in [0.05, 0.1) is 11.4 Å². The molecule has 3 rings (SSSR count). The molecule has 3 N–H and O–H groups in total. The van der Waals surface area contributed by atoms with Crippen LogP contribution >= 0.6 is 0 Å². The summed E-state index contributed by atoms with van der Waals surface area (Å²) in [6.07, 6.45) is 1.21. The van der Waals surface area contributed by atoms with Crippen LogP contribution in [-0.2, 0) is 4.79 Å². The van der Waals surface area contributed by atoms with Crippen molar-refractivity contribution >= 4 is 23.2 Å². The van der Waals surface area contributed by atoms with Crippen molar-refractivity contribution < 1.29 is 22.8 Å². The SMILES string of the molecule is NC(=O)C1CCN(c2ccccc2NC(=O)c2cc(F)c(F)c(F)c2)CC1. The molecular weight excluding hydrogens is 359 g/mol. The summed E-state index contributed by atoms with van der Waals surface area (Å²) in [5.41, 5.74) is 6.19. The number of nitrogens with zero attached hydrogens (tertiary/aromatic N) is 1. The molecule has 5 nitrogen and oxygen atoms in total. The van der Waals surface area contributed by atoms with E-state index >= 15 is 0 Å². The summed E-state index contributed by atoms with van der Waals surface area (Å²) in [6, 6.07) is 8.25. The van der Waals surface area contributed by atoms with Crippen LogP contribution in [-0.4, -0.2) is 24.9 Å². The Hall–Kier alpha value is -3.03. The number of halogens is 3. The van der Waals surface area contributed by atoms with Crippen LogP contribution in [0.4, 0.5) is 24.5 Å². The number of carbonyl (C=O) groups excluding carboxylic acids is 2. The van der Waals surface area contributed by atoms with E-state index in [-0.39, 0.29) is 17.4 Å². The van der Waals surface area contributed by atoms with Crippen molar-refractivity contribution in [2.45, 2.75) is 12.8 Å². The number of primary amides is 1. The Morgan fingerprint density at radius 3 is 2.22 bits per heavy atom. The van der Waals surface area contributed by atoms with E-state index in [1.54, 1.807) is 24.3 Å². The van der Waals surface area contributed by atoms with E-state index in [2.05, 4.69) is 5.32 Å². The van der Waals surface area contributed by atoms with Gasteiger partial charge in [-0.05, 0) is 37.1 Å². The van der Waals surface area contributed by atoms with Crippen LogP contribution in [0.1, 0.15) is 23.2 Å². The van der Waals surface area contributed by atoms with Crippen molar-refractivity contribution in [3.8, 4) is 0 Å². The van der Waals surface area contributed by atoms with Gasteiger partial charge in [-0.25, -0.2) is 13.2 Å². The number of piperidine rings is 1. The molecule has 0 atom stereocenters. The van der Waals surface area contributed by atoms with Crippen LogP contribution in [0.25, 0.3) is 0 Å². The third kappa shape index (κ3) is 4.05. The van der Waals surface area contributed by atoms with Crippen LogP contribution < -0.4 is 16.0 Å². The molecule has 1 heterocycles. The van der Waals surface area contributed by atoms with Crippen LogP contribution in [0.5, 0.6) is 0 Å². The number of benzene rings is 2. The maximum absolute atomic E-state index is 13.4. The molecule has 2 aromatic rings. The molecular formula is C19H18F3N3O2. The van der Waals surface area contributed by atoms with Gasteiger partial charge in [0, 0.05) is 24.6 Å². The fourth-order valence-corrected chi connectivity index (χ4v) is 3.14. The highest BCUT2D eigenvalue weighted by Gasteiger charge is 2.25. The topological polar surface area (TPSA) is 75.4 Å². The largest absolute Gasteiger partial charge is 0.370 e. The molecule has 1 fully saturated rings. The standard InChI is InChI=1S/C19H18F3N3O2/c20-13-9-12(10-14(21)17(13)22)19(27)24-15-3-1-2-4-16(15)25-7-5-11(6-8-25)18(23)26/h1-4,9-11H,5-8H2,(H2,23,26)(H,24,27). The average Bonchev–Trinajstić information content (AvgIpc) is 2.66. The van der Waals surface area contributed by atoms with Crippen LogP contribution in [0.2, 0.25) is 0 Å². The zero-order chi connectivity index (χ0) is 19.6. The van der Waals surface area contributed by atoms with Gasteiger partial charge in [0.1, 0.15) is 0 Å². The van der Waals surface area contributed by atoms with Gasteiger partial charge in [0.25, 0.3) is 5.91 Å². The number of nitrogens with one attached hydrogen (secondary N) is 1. The Morgan fingerprint density at radius 2 is 1.63 bits per heavy atom. The number of amides is 2. The zero-order valence-electron chi connectivity index (χ0n) is 14.3. The molecule has 0 unspecified atom stereocenters. The second-order valence-corrected chi connectivity index (χ2v) is 6.39. The van der Waals surface area contributed by atoms with E-state index in [4.69, 9.17) is 5.73 Å². The monoisotopic (exact) mass is 377 g/mol. The Morgan fingerprint density at radius 1 is 1.04 bits per heavy atom. The van der Waals surface area contributed by atoms with Gasteiger partial charge in [0.15, 0.2) is 17.5 Å². The van der Waals surface area contributed by atoms with Crippen molar-refractivity contribution in [1.82, 2.24) is 0 Å². The molecule has 1 aliphatic heterocycles. The molecule has 2 aromatic carbocycles. The van der Waals surface area contributed by atoms with Crippen LogP contribution in [0.15, 0.2) is 36.4 Å². The molecule has 0 saturated carbocycles. The molecule has 8 heteroatoms. The lowest BCUT2D eigenvalue weighted by Gasteiger charge is -2.33. The quantitative estimate of drug-likeness (QED) is 0.804. The summed E-state index contributed by atoms with van der Waals surface area (Å²) < 4.78 is 39.8. The van der Waals surface area contributed by atoms with Gasteiger partial charge in [-0.3, -0.25) is 9.59 Å². The third-order valence-corrected chi connectivity index (χ3v) is 4.64. The van der Waals surface area contributed by atoms with E-state index < -0.39 is 23.4 Å². The van der Waals surface area contributed by atoms with Crippen LogP contribution in [0, 0.1) is 23.4 Å². The molecule has 2 amide bonds. The molecule has 0 bridgehead atoms. The smallest absolute Gasteiger partial charge is 0.255 e. The molecule has 0 radical (unpaired) electrons. The number of para-hydroxylation sites is 2. The normalized spacial score (nSPS) is 14.9. The van der Waals surface area contributed by atoms with Crippen molar-refractivity contribution in [3.63, 3.8) is 0 Å². The fourth-order valence-electron chi connectivity index (χ4n) is 3.14. The van der Waals surface area contributed by atoms with E-state index in [0.29, 0.717) is 43.8 Å². The van der Waals surface area contributed by atoms with Crippen molar-refractivity contribution in [3.05, 3.63) is 59.4 Å². The lowest BCUT2D eigenvalue weighted by atomic mass is 9.96. The number of rotatable bonds is 4. The highest BCUT2D eigenvalue weighted by Crippen LogP contribution is 2.30. The molecule has 0 spiro atoms. The van der Waals surface area contributed by atoms with Gasteiger partial charge in [0.2, 0.25) is 5.91 Å². The maximum atomic E-state index is 13.4. The predicted molar refractivity (Wildman–Crippen MR) is 94.8 cm³/mol. The Labute approximate surface area is 154 Å². The molecule has 1 saturated heterocycles. The molecule has 142 valence electrons. The van der Waals surface area contributed by atoms with Gasteiger partial charge < -0.3 is 16.0 Å². The van der Waals surface area contributed by atoms with Gasteiger partial charge in [-0.1, -0.05) is 12.1 Å². The highest BCUT2D eigenvalue weighted by molar-refractivity contribution is 6.06. The first-order valence-electron chi connectivity index (χ1n) is 8.46. The highest BCUT2D eigenvalue weighted by atomic mass is 19.2. The third-order valence-electron chi connectivity index (χ3n) is 4.64. The summed E-state index contributed by atoms with van der Waals surface area (Å²) >= 11 is 0. The lowest BCUT2D eigenvalue weighted by Crippen LogP contribution is -2.38. The Balaban J connectivity index is 1.79. The van der Waals surface area contributed by atoms with E-state index in [1.165, 1.54) is 0 Å². The molecule has 27 heavy (non-hydrogen) atoms. The zero-order valence-corrected chi connectivity index (χ0v) is 14.3. The maximum Gasteiger partial charge on any atom is 0.255 e. The second kappa shape index (κ2) is 7.69. The Bertz CT molecular complexity index is 857. The fraction of sp³-hybridized carbons (Fsp3) is 0.263. The second-order valence-electron chi connectivity index (χ2n) is 6.39. The number of carbonyl (C=O) groups is 2. The van der Waals surface area contributed by atoms with Crippen molar-refractivity contribution in [2.75, 3.05) is 23.3 Å². The average molecular weight is 377 g/mol. The summed E-state index contributed by atoms with van der Waals surface area (Å²) in [6.45, 7) is 1.17. The minimum Gasteiger partial charge on any atom is -0.370 e. The summed E-state index contributed by atoms with van der Waals surface area (Å²) in [5.74, 6) is -5.73. The minimum atomic E-state index is -1.62. The first kappa shape index (κ1) is 18.8. The van der Waals surface area contributed by atoms with Gasteiger partial charge in [-0.2, -0.15) is 0 Å². The summed E-state index contributed by atoms with van der Waals surface area (Å²) in [5, 5.41) is 2.60. The molecule has 0 aromatic heterocycles. The van der Waals surface area contributed by atoms with E-state index in [9.17, 15) is 22.8 Å². The first-order valence-corrected chi connectivity index (χ1v) is 8.46. The van der Waals surface area contributed by atoms with Crippen molar-refractivity contribution in [2.24, 2.45) is 11.7 Å². The lowest BCUT2D eigenvalue weighted by molar-refractivity contribution is -0.122. The van der Waals surface area contributed by atoms with Crippen LogP contribution in [0.3, 0.4) is 0 Å². The predicted octanol–water partition coefficient (Wildman–Crippen LogP) is 3.06. The number of anilines is 2. The van der Waals surface area contributed by atoms with Gasteiger partial charge >= 0.3 is 0 Å². The van der Waals surface area contributed by atoms with Crippen molar-refractivity contribution in [1.29, 1.82) is 0 Å². The van der Waals surface area contributed by atoms with E-state index in [0.717, 1.165) is 5.69 Å². The van der Waals surface area contributed by atoms with Gasteiger partial charge in [-0.15, -0.1) is 0 Å². The summed E-state index contributed by atoms with van der Waals surface area (Å²) in [4.78, 5) is 25.7.